The minimum Gasteiger partial charge on any atom is -0.408 e. The van der Waals surface area contributed by atoms with Crippen LogP contribution in [0.15, 0.2) is 4.42 Å². The smallest absolute Gasteiger partial charge is 0.312 e. The van der Waals surface area contributed by atoms with Crippen molar-refractivity contribution in [3.8, 4) is 0 Å². The van der Waals surface area contributed by atoms with Crippen molar-refractivity contribution in [2.24, 2.45) is 0 Å². The SMILES string of the molecule is Nc1nnc(CCCl)o1. The molecule has 0 atom stereocenters. The molecule has 0 radical (unpaired) electrons. The van der Waals surface area contributed by atoms with Crippen molar-refractivity contribution in [1.82, 2.24) is 10.2 Å². The van der Waals surface area contributed by atoms with Crippen LogP contribution in [0.4, 0.5) is 6.01 Å². The van der Waals surface area contributed by atoms with E-state index in [9.17, 15) is 0 Å². The monoisotopic (exact) mass is 147 g/mol. The number of halogens is 1. The van der Waals surface area contributed by atoms with Gasteiger partial charge in [-0.2, -0.15) is 0 Å². The zero-order valence-corrected chi connectivity index (χ0v) is 5.43. The Kier molecular flexibility index (Phi) is 1.89. The Labute approximate surface area is 57.0 Å². The average molecular weight is 148 g/mol. The molecule has 5 heteroatoms. The minimum absolute atomic E-state index is 0.0927. The Morgan fingerprint density at radius 1 is 1.56 bits per heavy atom. The second-order valence-corrected chi connectivity index (χ2v) is 1.85. The van der Waals surface area contributed by atoms with Gasteiger partial charge in [-0.25, -0.2) is 0 Å². The lowest BCUT2D eigenvalue weighted by Crippen LogP contribution is -1.84. The van der Waals surface area contributed by atoms with Crippen molar-refractivity contribution >= 4 is 17.6 Å². The maximum absolute atomic E-state index is 5.38. The number of nitrogen functional groups attached to an aromatic ring is 1. The van der Waals surface area contributed by atoms with Gasteiger partial charge in [0.25, 0.3) is 0 Å². The third kappa shape index (κ3) is 1.57. The van der Waals surface area contributed by atoms with Crippen LogP contribution >= 0.6 is 11.6 Å². The van der Waals surface area contributed by atoms with Crippen LogP contribution in [0, 0.1) is 0 Å². The summed E-state index contributed by atoms with van der Waals surface area (Å²) < 4.78 is 4.80. The van der Waals surface area contributed by atoms with Crippen LogP contribution in [0.3, 0.4) is 0 Å². The van der Waals surface area contributed by atoms with E-state index < -0.39 is 0 Å². The first kappa shape index (κ1) is 6.35. The Balaban J connectivity index is 2.61. The number of nitrogens with zero attached hydrogens (tertiary/aromatic N) is 2. The molecule has 4 nitrogen and oxygen atoms in total. The zero-order chi connectivity index (χ0) is 6.69. The first-order valence-electron chi connectivity index (χ1n) is 2.46. The lowest BCUT2D eigenvalue weighted by atomic mass is 10.5. The summed E-state index contributed by atoms with van der Waals surface area (Å²) in [6, 6.07) is 0.0927. The highest BCUT2D eigenvalue weighted by atomic mass is 35.5. The highest BCUT2D eigenvalue weighted by Gasteiger charge is 1.99. The maximum atomic E-state index is 5.38. The molecule has 0 saturated carbocycles. The number of aromatic nitrogens is 2. The van der Waals surface area contributed by atoms with Crippen LogP contribution in [0.25, 0.3) is 0 Å². The molecule has 0 aliphatic heterocycles. The van der Waals surface area contributed by atoms with Gasteiger partial charge in [0.05, 0.1) is 0 Å². The Bertz CT molecular complexity index is 188. The predicted octanol–water partition coefficient (Wildman–Crippen LogP) is 0.433. The summed E-state index contributed by atoms with van der Waals surface area (Å²) in [6.07, 6.45) is 0.575. The fourth-order valence-electron chi connectivity index (χ4n) is 0.448. The highest BCUT2D eigenvalue weighted by molar-refractivity contribution is 6.17. The molecule has 0 aliphatic rings. The van der Waals surface area contributed by atoms with Gasteiger partial charge in [-0.15, -0.1) is 16.7 Å². The quantitative estimate of drug-likeness (QED) is 0.617. The summed E-state index contributed by atoms with van der Waals surface area (Å²) >= 11 is 5.38. The van der Waals surface area contributed by atoms with Gasteiger partial charge in [0.1, 0.15) is 0 Å². The van der Waals surface area contributed by atoms with Crippen molar-refractivity contribution in [2.45, 2.75) is 6.42 Å². The fourth-order valence-corrected chi connectivity index (χ4v) is 0.610. The topological polar surface area (TPSA) is 64.9 Å². The summed E-state index contributed by atoms with van der Waals surface area (Å²) in [4.78, 5) is 0. The van der Waals surface area contributed by atoms with Gasteiger partial charge < -0.3 is 10.2 Å². The molecule has 0 fully saturated rings. The molecule has 2 N–H and O–H groups in total. The molecule has 0 amide bonds. The molecule has 0 aliphatic carbocycles. The highest BCUT2D eigenvalue weighted by Crippen LogP contribution is 2.00. The van der Waals surface area contributed by atoms with E-state index in [4.69, 9.17) is 21.8 Å². The summed E-state index contributed by atoms with van der Waals surface area (Å²) in [5.74, 6) is 0.962. The number of alkyl halides is 1. The van der Waals surface area contributed by atoms with E-state index in [-0.39, 0.29) is 6.01 Å². The normalized spacial score (nSPS) is 9.89. The summed E-state index contributed by atoms with van der Waals surface area (Å²) in [5.41, 5.74) is 5.13. The van der Waals surface area contributed by atoms with Crippen molar-refractivity contribution in [3.05, 3.63) is 5.89 Å². The van der Waals surface area contributed by atoms with E-state index >= 15 is 0 Å². The summed E-state index contributed by atoms with van der Waals surface area (Å²) in [5, 5.41) is 7.02. The third-order valence-electron chi connectivity index (χ3n) is 0.791. The minimum atomic E-state index is 0.0927. The first-order valence-corrected chi connectivity index (χ1v) is 3.00. The van der Waals surface area contributed by atoms with Gasteiger partial charge in [0, 0.05) is 12.3 Å². The van der Waals surface area contributed by atoms with Crippen LogP contribution in [-0.4, -0.2) is 16.1 Å². The van der Waals surface area contributed by atoms with Crippen LogP contribution in [0.5, 0.6) is 0 Å². The van der Waals surface area contributed by atoms with E-state index in [1.807, 2.05) is 0 Å². The molecule has 1 aromatic rings. The van der Waals surface area contributed by atoms with Crippen LogP contribution in [0.2, 0.25) is 0 Å². The second-order valence-electron chi connectivity index (χ2n) is 1.47. The summed E-state index contributed by atoms with van der Waals surface area (Å²) in [7, 11) is 0. The van der Waals surface area contributed by atoms with Gasteiger partial charge in [0.15, 0.2) is 0 Å². The predicted molar refractivity (Wildman–Crippen MR) is 33.1 cm³/mol. The van der Waals surface area contributed by atoms with Gasteiger partial charge in [-0.05, 0) is 0 Å². The molecule has 1 aromatic heterocycles. The lowest BCUT2D eigenvalue weighted by molar-refractivity contribution is 0.518. The molecule has 0 saturated heterocycles. The zero-order valence-electron chi connectivity index (χ0n) is 4.67. The van der Waals surface area contributed by atoms with Crippen molar-refractivity contribution in [3.63, 3.8) is 0 Å². The van der Waals surface area contributed by atoms with E-state index in [1.165, 1.54) is 0 Å². The molecule has 0 unspecified atom stereocenters. The number of hydrogen-bond acceptors (Lipinski definition) is 4. The van der Waals surface area contributed by atoms with Crippen LogP contribution < -0.4 is 5.73 Å². The Morgan fingerprint density at radius 2 is 2.33 bits per heavy atom. The standard InChI is InChI=1S/C4H6ClN3O/c5-2-1-3-7-8-4(6)9-3/h1-2H2,(H2,6,8). The third-order valence-corrected chi connectivity index (χ3v) is 0.980. The molecule has 0 bridgehead atoms. The average Bonchev–Trinajstić information content (AvgIpc) is 2.17. The van der Waals surface area contributed by atoms with Gasteiger partial charge in [-0.3, -0.25) is 0 Å². The van der Waals surface area contributed by atoms with Crippen LogP contribution in [0.1, 0.15) is 5.89 Å². The molecule has 0 spiro atoms. The summed E-state index contributed by atoms with van der Waals surface area (Å²) in [6.45, 7) is 0. The largest absolute Gasteiger partial charge is 0.408 e. The molecular formula is C4H6ClN3O. The number of hydrogen-bond donors (Lipinski definition) is 1. The fraction of sp³-hybridized carbons (Fsp3) is 0.500. The Morgan fingerprint density at radius 3 is 2.78 bits per heavy atom. The molecule has 1 heterocycles. The van der Waals surface area contributed by atoms with Crippen molar-refractivity contribution in [2.75, 3.05) is 11.6 Å². The molecule has 1 rings (SSSR count). The molecule has 0 aromatic carbocycles. The van der Waals surface area contributed by atoms with E-state index in [0.29, 0.717) is 18.2 Å². The van der Waals surface area contributed by atoms with E-state index in [1.54, 1.807) is 0 Å². The van der Waals surface area contributed by atoms with Crippen LogP contribution in [-0.2, 0) is 6.42 Å². The van der Waals surface area contributed by atoms with Crippen molar-refractivity contribution in [1.29, 1.82) is 0 Å². The first-order chi connectivity index (χ1) is 4.33. The number of anilines is 1. The number of nitrogens with two attached hydrogens (primary N) is 1. The Hall–Kier alpha value is -0.770. The van der Waals surface area contributed by atoms with Crippen molar-refractivity contribution < 1.29 is 4.42 Å². The number of rotatable bonds is 2. The van der Waals surface area contributed by atoms with Gasteiger partial charge in [-0.1, -0.05) is 5.10 Å². The molecule has 9 heavy (non-hydrogen) atoms. The van der Waals surface area contributed by atoms with Gasteiger partial charge in [0.2, 0.25) is 5.89 Å². The van der Waals surface area contributed by atoms with E-state index in [2.05, 4.69) is 10.2 Å². The maximum Gasteiger partial charge on any atom is 0.312 e. The molecular weight excluding hydrogens is 142 g/mol. The van der Waals surface area contributed by atoms with Gasteiger partial charge >= 0.3 is 6.01 Å². The number of aryl methyl sites for hydroxylation is 1. The second kappa shape index (κ2) is 2.68. The molecule has 50 valence electrons. The van der Waals surface area contributed by atoms with E-state index in [0.717, 1.165) is 0 Å². The lowest BCUT2D eigenvalue weighted by Gasteiger charge is -1.82.